The number of alkyl halides is 2. The molecule has 12 nitrogen and oxygen atoms in total. The minimum absolute atomic E-state index is 0.0178. The fourth-order valence-electron chi connectivity index (χ4n) is 6.11. The van der Waals surface area contributed by atoms with Gasteiger partial charge in [0.2, 0.25) is 11.8 Å². The minimum Gasteiger partial charge on any atom is -0.444 e. The molecule has 16 heteroatoms. The Bertz CT molecular complexity index is 1600. The summed E-state index contributed by atoms with van der Waals surface area (Å²) < 4.78 is 66.6. The van der Waals surface area contributed by atoms with Crippen LogP contribution in [0, 0.1) is 11.6 Å². The first kappa shape index (κ1) is 34.8. The SMILES string of the molecule is CC(C)N(C(=O)c1cnc(N2C[C@H](NC(=O)OC(C)(C)C)[C@@H](c3cc(F)ccc3F)C2)nc1)C1CCN(c2nc(C(C)(F)F)no2)CC1. The van der Waals surface area contributed by atoms with Crippen molar-refractivity contribution in [3.63, 3.8) is 0 Å². The molecule has 3 aromatic rings. The summed E-state index contributed by atoms with van der Waals surface area (Å²) in [4.78, 5) is 44.3. The van der Waals surface area contributed by atoms with E-state index in [2.05, 4.69) is 25.4 Å². The normalized spacial score (nSPS) is 19.1. The number of hydrogen-bond donors (Lipinski definition) is 1. The summed E-state index contributed by atoms with van der Waals surface area (Å²) in [7, 11) is 0. The molecule has 2 aliphatic heterocycles. The fraction of sp³-hybridized carbons (Fsp3) is 0.562. The third-order valence-electron chi connectivity index (χ3n) is 8.27. The standard InChI is InChI=1S/C32H40F4N8O4/c1-18(2)44(21-9-11-42(12-10-21)29-40-27(41-48-29)32(6,35)36)26(45)19-14-37-28(38-15-19)43-16-23(22-13-20(33)7-8-24(22)34)25(17-43)39-30(46)47-31(3,4)5/h7-8,13-15,18,21,23,25H,9-12,16-17H2,1-6H3,(H,39,46)/t23-,25+/m1/s1. The van der Waals surface area contributed by atoms with Gasteiger partial charge in [0, 0.05) is 63.5 Å². The molecular formula is C32H40F4N8O4. The van der Waals surface area contributed by atoms with Crippen molar-refractivity contribution in [1.29, 1.82) is 0 Å². The molecule has 1 N–H and O–H groups in total. The lowest BCUT2D eigenvalue weighted by Gasteiger charge is -2.40. The van der Waals surface area contributed by atoms with Crippen molar-refractivity contribution in [3.8, 4) is 0 Å². The number of amides is 2. The smallest absolute Gasteiger partial charge is 0.407 e. The lowest BCUT2D eigenvalue weighted by Crippen LogP contribution is -2.50. The lowest BCUT2D eigenvalue weighted by molar-refractivity contribution is 0.00556. The van der Waals surface area contributed by atoms with Crippen molar-refractivity contribution < 1.29 is 36.4 Å². The van der Waals surface area contributed by atoms with E-state index in [1.54, 1.807) is 35.5 Å². The number of piperidine rings is 1. The van der Waals surface area contributed by atoms with E-state index >= 15 is 0 Å². The summed E-state index contributed by atoms with van der Waals surface area (Å²) in [5.41, 5.74) is -0.398. The largest absolute Gasteiger partial charge is 0.444 e. The Morgan fingerprint density at radius 2 is 1.71 bits per heavy atom. The maximum absolute atomic E-state index is 14.9. The van der Waals surface area contributed by atoms with Gasteiger partial charge in [-0.2, -0.15) is 13.8 Å². The molecule has 48 heavy (non-hydrogen) atoms. The Hall–Kier alpha value is -4.50. The molecule has 0 radical (unpaired) electrons. The third kappa shape index (κ3) is 7.96. The number of benzene rings is 1. The third-order valence-corrected chi connectivity index (χ3v) is 8.27. The zero-order valence-electron chi connectivity index (χ0n) is 27.7. The number of alkyl carbamates (subject to hydrolysis) is 1. The second kappa shape index (κ2) is 13.5. The molecule has 0 bridgehead atoms. The number of halogens is 4. The minimum atomic E-state index is -3.22. The zero-order chi connectivity index (χ0) is 35.0. The molecule has 2 saturated heterocycles. The van der Waals surface area contributed by atoms with E-state index in [-0.39, 0.29) is 54.2 Å². The topological polar surface area (TPSA) is 130 Å². The molecule has 0 spiro atoms. The summed E-state index contributed by atoms with van der Waals surface area (Å²) in [6, 6.07) is 2.25. The van der Waals surface area contributed by atoms with Crippen LogP contribution in [0.2, 0.25) is 0 Å². The highest BCUT2D eigenvalue weighted by Crippen LogP contribution is 2.33. The molecule has 2 amide bonds. The van der Waals surface area contributed by atoms with Gasteiger partial charge < -0.3 is 29.3 Å². The van der Waals surface area contributed by atoms with Crippen molar-refractivity contribution in [3.05, 3.63) is 59.2 Å². The van der Waals surface area contributed by atoms with Crippen LogP contribution in [-0.2, 0) is 10.7 Å². The molecule has 2 atom stereocenters. The predicted molar refractivity (Wildman–Crippen MR) is 167 cm³/mol. The molecule has 0 saturated carbocycles. The van der Waals surface area contributed by atoms with Gasteiger partial charge in [-0.15, -0.1) is 0 Å². The molecule has 2 aliphatic rings. The van der Waals surface area contributed by atoms with Crippen LogP contribution in [0.3, 0.4) is 0 Å². The maximum Gasteiger partial charge on any atom is 0.407 e. The van der Waals surface area contributed by atoms with Crippen LogP contribution in [0.5, 0.6) is 0 Å². The number of rotatable bonds is 8. The number of ether oxygens (including phenoxy) is 1. The van der Waals surface area contributed by atoms with Gasteiger partial charge in [0.1, 0.15) is 17.2 Å². The van der Waals surface area contributed by atoms with Gasteiger partial charge in [-0.3, -0.25) is 4.79 Å². The molecule has 5 rings (SSSR count). The highest BCUT2D eigenvalue weighted by atomic mass is 19.3. The Morgan fingerprint density at radius 3 is 2.29 bits per heavy atom. The highest BCUT2D eigenvalue weighted by molar-refractivity contribution is 5.94. The second-order valence-corrected chi connectivity index (χ2v) is 13.5. The number of carbonyl (C=O) groups is 2. The van der Waals surface area contributed by atoms with Gasteiger partial charge in [0.25, 0.3) is 5.91 Å². The van der Waals surface area contributed by atoms with Crippen LogP contribution in [0.25, 0.3) is 0 Å². The first-order valence-electron chi connectivity index (χ1n) is 15.8. The van der Waals surface area contributed by atoms with Gasteiger partial charge in [-0.25, -0.2) is 23.5 Å². The van der Waals surface area contributed by atoms with Crippen LogP contribution >= 0.6 is 0 Å². The summed E-state index contributed by atoms with van der Waals surface area (Å²) in [6.45, 7) is 10.9. The lowest BCUT2D eigenvalue weighted by atomic mass is 9.94. The van der Waals surface area contributed by atoms with Crippen LogP contribution in [-0.4, -0.2) is 86.9 Å². The zero-order valence-corrected chi connectivity index (χ0v) is 27.7. The number of anilines is 2. The van der Waals surface area contributed by atoms with E-state index in [4.69, 9.17) is 9.26 Å². The first-order valence-corrected chi connectivity index (χ1v) is 15.8. The van der Waals surface area contributed by atoms with E-state index in [0.717, 1.165) is 18.2 Å². The molecule has 0 aliphatic carbocycles. The molecular weight excluding hydrogens is 636 g/mol. The second-order valence-electron chi connectivity index (χ2n) is 13.5. The fourth-order valence-corrected chi connectivity index (χ4v) is 6.11. The summed E-state index contributed by atoms with van der Waals surface area (Å²) in [5, 5.41) is 6.18. The van der Waals surface area contributed by atoms with Gasteiger partial charge in [0.15, 0.2) is 0 Å². The van der Waals surface area contributed by atoms with Gasteiger partial charge in [-0.1, -0.05) is 5.16 Å². The van der Waals surface area contributed by atoms with E-state index in [1.165, 1.54) is 12.4 Å². The van der Waals surface area contributed by atoms with Crippen molar-refractivity contribution in [2.45, 2.75) is 90.0 Å². The van der Waals surface area contributed by atoms with Gasteiger partial charge in [0.05, 0.1) is 11.6 Å². The predicted octanol–water partition coefficient (Wildman–Crippen LogP) is 5.27. The Balaban J connectivity index is 1.28. The summed E-state index contributed by atoms with van der Waals surface area (Å²) >= 11 is 0. The van der Waals surface area contributed by atoms with Crippen LogP contribution < -0.4 is 15.1 Å². The number of nitrogens with zero attached hydrogens (tertiary/aromatic N) is 7. The van der Waals surface area contributed by atoms with E-state index in [9.17, 15) is 27.2 Å². The number of nitrogens with one attached hydrogen (secondary N) is 1. The molecule has 4 heterocycles. The van der Waals surface area contributed by atoms with Gasteiger partial charge >= 0.3 is 18.0 Å². The van der Waals surface area contributed by atoms with E-state index in [1.807, 2.05) is 13.8 Å². The Labute approximate surface area is 275 Å². The quantitative estimate of drug-likeness (QED) is 0.315. The number of hydrogen-bond acceptors (Lipinski definition) is 10. The molecule has 0 unspecified atom stereocenters. The van der Waals surface area contributed by atoms with Gasteiger partial charge in [-0.05, 0) is 71.2 Å². The molecule has 2 aromatic heterocycles. The number of aromatic nitrogens is 4. The Kier molecular flexibility index (Phi) is 9.83. The van der Waals surface area contributed by atoms with Crippen LogP contribution in [0.15, 0.2) is 35.1 Å². The van der Waals surface area contributed by atoms with E-state index < -0.39 is 47.0 Å². The molecule has 2 fully saturated rings. The summed E-state index contributed by atoms with van der Waals surface area (Å²) in [5.74, 6) is -5.77. The molecule has 260 valence electrons. The van der Waals surface area contributed by atoms with Crippen molar-refractivity contribution in [2.24, 2.45) is 0 Å². The average molecular weight is 677 g/mol. The highest BCUT2D eigenvalue weighted by Gasteiger charge is 2.39. The van der Waals surface area contributed by atoms with Crippen molar-refractivity contribution in [1.82, 2.24) is 30.3 Å². The monoisotopic (exact) mass is 676 g/mol. The first-order chi connectivity index (χ1) is 22.5. The van der Waals surface area contributed by atoms with Crippen LogP contribution in [0.1, 0.15) is 82.0 Å². The average Bonchev–Trinajstić information content (AvgIpc) is 3.66. The maximum atomic E-state index is 14.9. The van der Waals surface area contributed by atoms with E-state index in [0.29, 0.717) is 32.9 Å². The van der Waals surface area contributed by atoms with Crippen LogP contribution in [0.4, 0.5) is 34.3 Å². The summed E-state index contributed by atoms with van der Waals surface area (Å²) in [6.07, 6.45) is 3.24. The Morgan fingerprint density at radius 1 is 1.04 bits per heavy atom. The number of carbonyl (C=O) groups excluding carboxylic acids is 2. The van der Waals surface area contributed by atoms with Crippen molar-refractivity contribution in [2.75, 3.05) is 36.0 Å². The molecule has 1 aromatic carbocycles. The van der Waals surface area contributed by atoms with Crippen molar-refractivity contribution >= 4 is 24.0 Å².